The molecule has 0 aliphatic carbocycles. The Hall–Kier alpha value is -2.17. The summed E-state index contributed by atoms with van der Waals surface area (Å²) in [4.78, 5) is 14.5. The smallest absolute Gasteiger partial charge is 0.257 e. The van der Waals surface area contributed by atoms with Gasteiger partial charge in [-0.25, -0.2) is 9.07 Å². The number of hydrogen-bond donors (Lipinski definition) is 0. The van der Waals surface area contributed by atoms with Crippen LogP contribution in [0.25, 0.3) is 5.69 Å². The van der Waals surface area contributed by atoms with Crippen LogP contribution in [0.2, 0.25) is 0 Å². The number of likely N-dealkylation sites (tertiary alicyclic amines) is 1. The second-order valence-electron chi connectivity index (χ2n) is 5.64. The number of nitrogens with zero attached hydrogens (tertiary/aromatic N) is 3. The SMILES string of the molecule is CCCc1c(C(=O)N2CCCC2)cnn1-c1ccc(F)cc1. The fraction of sp³-hybridized carbons (Fsp3) is 0.412. The Kier molecular flexibility index (Phi) is 4.22. The second kappa shape index (κ2) is 6.30. The highest BCUT2D eigenvalue weighted by Crippen LogP contribution is 2.20. The van der Waals surface area contributed by atoms with Crippen molar-refractivity contribution in [1.82, 2.24) is 14.7 Å². The van der Waals surface area contributed by atoms with Crippen LogP contribution < -0.4 is 0 Å². The molecule has 1 fully saturated rings. The van der Waals surface area contributed by atoms with Gasteiger partial charge in [0.15, 0.2) is 0 Å². The summed E-state index contributed by atoms with van der Waals surface area (Å²) in [5.41, 5.74) is 2.37. The molecule has 0 radical (unpaired) electrons. The standard InChI is InChI=1S/C17H20FN3O/c1-2-5-16-15(17(22)20-10-3-4-11-20)12-19-21(16)14-8-6-13(18)7-9-14/h6-9,12H,2-5,10-11H2,1H3. The van der Waals surface area contributed by atoms with Gasteiger partial charge in [-0.3, -0.25) is 4.79 Å². The van der Waals surface area contributed by atoms with Crippen molar-refractivity contribution in [2.24, 2.45) is 0 Å². The van der Waals surface area contributed by atoms with E-state index in [1.54, 1.807) is 23.0 Å². The van der Waals surface area contributed by atoms with Gasteiger partial charge in [0.2, 0.25) is 0 Å². The average Bonchev–Trinajstić information content (AvgIpc) is 3.18. The predicted molar refractivity (Wildman–Crippen MR) is 82.7 cm³/mol. The Labute approximate surface area is 129 Å². The number of benzene rings is 1. The third-order valence-electron chi connectivity index (χ3n) is 4.05. The zero-order valence-corrected chi connectivity index (χ0v) is 12.8. The number of amides is 1. The molecule has 0 saturated carbocycles. The van der Waals surface area contributed by atoms with Crippen molar-refractivity contribution in [2.75, 3.05) is 13.1 Å². The van der Waals surface area contributed by atoms with Gasteiger partial charge in [0.1, 0.15) is 5.82 Å². The van der Waals surface area contributed by atoms with Crippen LogP contribution in [0.3, 0.4) is 0 Å². The fourth-order valence-corrected chi connectivity index (χ4v) is 2.93. The highest BCUT2D eigenvalue weighted by Gasteiger charge is 2.24. The maximum atomic E-state index is 13.1. The minimum absolute atomic E-state index is 0.0642. The first kappa shape index (κ1) is 14.8. The van der Waals surface area contributed by atoms with Crippen LogP contribution in [0.15, 0.2) is 30.5 Å². The maximum absolute atomic E-state index is 13.1. The van der Waals surface area contributed by atoms with Gasteiger partial charge in [-0.05, 0) is 43.5 Å². The molecule has 4 nitrogen and oxygen atoms in total. The molecule has 3 rings (SSSR count). The van der Waals surface area contributed by atoms with Crippen molar-refractivity contribution in [2.45, 2.75) is 32.6 Å². The molecule has 1 aromatic carbocycles. The van der Waals surface area contributed by atoms with Gasteiger partial charge in [-0.2, -0.15) is 5.10 Å². The van der Waals surface area contributed by atoms with Crippen LogP contribution in [0, 0.1) is 5.82 Å². The Balaban J connectivity index is 1.97. The zero-order chi connectivity index (χ0) is 15.5. The fourth-order valence-electron chi connectivity index (χ4n) is 2.93. The molecular weight excluding hydrogens is 281 g/mol. The lowest BCUT2D eigenvalue weighted by Gasteiger charge is -2.16. The number of aromatic nitrogens is 2. The summed E-state index contributed by atoms with van der Waals surface area (Å²) in [6.45, 7) is 3.73. The van der Waals surface area contributed by atoms with E-state index in [1.807, 2.05) is 4.90 Å². The number of rotatable bonds is 4. The molecule has 0 bridgehead atoms. The predicted octanol–water partition coefficient (Wildman–Crippen LogP) is 3.20. The third kappa shape index (κ3) is 2.75. The maximum Gasteiger partial charge on any atom is 0.257 e. The molecule has 22 heavy (non-hydrogen) atoms. The monoisotopic (exact) mass is 301 g/mol. The molecule has 0 N–H and O–H groups in total. The third-order valence-corrected chi connectivity index (χ3v) is 4.05. The van der Waals surface area contributed by atoms with Crippen LogP contribution in [0.1, 0.15) is 42.2 Å². The van der Waals surface area contributed by atoms with Crippen LogP contribution >= 0.6 is 0 Å². The zero-order valence-electron chi connectivity index (χ0n) is 12.8. The van der Waals surface area contributed by atoms with E-state index in [0.717, 1.165) is 50.2 Å². The lowest BCUT2D eigenvalue weighted by Crippen LogP contribution is -2.28. The van der Waals surface area contributed by atoms with E-state index in [-0.39, 0.29) is 11.7 Å². The first-order valence-electron chi connectivity index (χ1n) is 7.83. The van der Waals surface area contributed by atoms with Crippen LogP contribution in [0.5, 0.6) is 0 Å². The summed E-state index contributed by atoms with van der Waals surface area (Å²) in [6, 6.07) is 6.20. The molecule has 1 amide bonds. The molecule has 5 heteroatoms. The molecule has 1 saturated heterocycles. The van der Waals surface area contributed by atoms with Gasteiger partial charge in [-0.1, -0.05) is 13.3 Å². The number of carbonyl (C=O) groups is 1. The lowest BCUT2D eigenvalue weighted by atomic mass is 10.1. The Morgan fingerprint density at radius 2 is 1.91 bits per heavy atom. The Morgan fingerprint density at radius 1 is 1.23 bits per heavy atom. The molecule has 2 aromatic rings. The Bertz CT molecular complexity index is 657. The lowest BCUT2D eigenvalue weighted by molar-refractivity contribution is 0.0791. The highest BCUT2D eigenvalue weighted by molar-refractivity contribution is 5.95. The van der Waals surface area contributed by atoms with E-state index >= 15 is 0 Å². The minimum atomic E-state index is -0.277. The molecule has 1 aromatic heterocycles. The molecule has 1 aliphatic rings. The van der Waals surface area contributed by atoms with Crippen molar-refractivity contribution in [3.63, 3.8) is 0 Å². The number of hydrogen-bond acceptors (Lipinski definition) is 2. The molecular formula is C17H20FN3O. The second-order valence-corrected chi connectivity index (χ2v) is 5.64. The molecule has 2 heterocycles. The molecule has 0 unspecified atom stereocenters. The number of carbonyl (C=O) groups excluding carboxylic acids is 1. The van der Waals surface area contributed by atoms with Gasteiger partial charge in [0, 0.05) is 13.1 Å². The van der Waals surface area contributed by atoms with Gasteiger partial charge in [0.05, 0.1) is 23.1 Å². The van der Waals surface area contributed by atoms with Crippen molar-refractivity contribution >= 4 is 5.91 Å². The molecule has 116 valence electrons. The van der Waals surface area contributed by atoms with Gasteiger partial charge in [0.25, 0.3) is 5.91 Å². The van der Waals surface area contributed by atoms with Crippen molar-refractivity contribution in [3.8, 4) is 5.69 Å². The first-order valence-corrected chi connectivity index (χ1v) is 7.83. The van der Waals surface area contributed by atoms with Crippen molar-refractivity contribution in [1.29, 1.82) is 0 Å². The van der Waals surface area contributed by atoms with Crippen LogP contribution in [-0.2, 0) is 6.42 Å². The molecule has 0 spiro atoms. The average molecular weight is 301 g/mol. The quantitative estimate of drug-likeness (QED) is 0.870. The van der Waals surface area contributed by atoms with Crippen molar-refractivity contribution < 1.29 is 9.18 Å². The first-order chi connectivity index (χ1) is 10.7. The van der Waals surface area contributed by atoms with E-state index in [1.165, 1.54) is 12.1 Å². The van der Waals surface area contributed by atoms with Crippen LogP contribution in [-0.4, -0.2) is 33.7 Å². The van der Waals surface area contributed by atoms with Crippen molar-refractivity contribution in [3.05, 3.63) is 47.5 Å². The summed E-state index contributed by atoms with van der Waals surface area (Å²) >= 11 is 0. The topological polar surface area (TPSA) is 38.1 Å². The van der Waals surface area contributed by atoms with E-state index in [0.29, 0.717) is 5.56 Å². The van der Waals surface area contributed by atoms with Gasteiger partial charge >= 0.3 is 0 Å². The summed E-state index contributed by atoms with van der Waals surface area (Å²) < 4.78 is 14.9. The highest BCUT2D eigenvalue weighted by atomic mass is 19.1. The van der Waals surface area contributed by atoms with Crippen LogP contribution in [0.4, 0.5) is 4.39 Å². The Morgan fingerprint density at radius 3 is 2.55 bits per heavy atom. The van der Waals surface area contributed by atoms with E-state index in [2.05, 4.69) is 12.0 Å². The van der Waals surface area contributed by atoms with E-state index < -0.39 is 0 Å². The van der Waals surface area contributed by atoms with E-state index in [9.17, 15) is 9.18 Å². The molecule has 1 aliphatic heterocycles. The van der Waals surface area contributed by atoms with Gasteiger partial charge < -0.3 is 4.90 Å². The summed E-state index contributed by atoms with van der Waals surface area (Å²) in [5.74, 6) is -0.212. The normalized spacial score (nSPS) is 14.5. The summed E-state index contributed by atoms with van der Waals surface area (Å²) in [6.07, 6.45) is 5.48. The minimum Gasteiger partial charge on any atom is -0.339 e. The molecule has 0 atom stereocenters. The largest absolute Gasteiger partial charge is 0.339 e. The summed E-state index contributed by atoms with van der Waals surface area (Å²) in [5, 5.41) is 4.37. The van der Waals surface area contributed by atoms with E-state index in [4.69, 9.17) is 0 Å². The van der Waals surface area contributed by atoms with Gasteiger partial charge in [-0.15, -0.1) is 0 Å². The number of halogens is 1. The summed E-state index contributed by atoms with van der Waals surface area (Å²) in [7, 11) is 0.